The molecule has 0 aliphatic carbocycles. The molecule has 1 aromatic rings. The van der Waals surface area contributed by atoms with Crippen LogP contribution in [0.25, 0.3) is 0 Å². The van der Waals surface area contributed by atoms with Gasteiger partial charge in [0.05, 0.1) is 6.54 Å². The van der Waals surface area contributed by atoms with Crippen molar-refractivity contribution >= 4 is 11.6 Å². The van der Waals surface area contributed by atoms with E-state index in [2.05, 4.69) is 21.9 Å². The van der Waals surface area contributed by atoms with Gasteiger partial charge in [-0.3, -0.25) is 4.79 Å². The van der Waals surface area contributed by atoms with Gasteiger partial charge in [-0.15, -0.1) is 0 Å². The molecular formula is C14H15F3N2O2. The zero-order chi connectivity index (χ0) is 15.9. The van der Waals surface area contributed by atoms with Gasteiger partial charge in [-0.1, -0.05) is 17.9 Å². The standard InChI is InChI=1S/C14H15F3N2O2/c1-10-4-5-11(3-2-6-18)7-12(10)19-13(20)8-21-9-14(15,16)17/h4-5,7H,6,8-9,18H2,1H3,(H,19,20). The van der Waals surface area contributed by atoms with Crippen molar-refractivity contribution in [3.63, 3.8) is 0 Å². The zero-order valence-electron chi connectivity index (χ0n) is 11.4. The van der Waals surface area contributed by atoms with Crippen molar-refractivity contribution in [3.8, 4) is 11.8 Å². The molecule has 0 fully saturated rings. The number of carbonyl (C=O) groups excluding carboxylic acids is 1. The predicted octanol–water partition coefficient (Wildman–Crippen LogP) is 1.82. The first-order valence-corrected chi connectivity index (χ1v) is 6.06. The van der Waals surface area contributed by atoms with Gasteiger partial charge in [0.25, 0.3) is 0 Å². The Kier molecular flexibility index (Phi) is 6.21. The molecule has 0 saturated carbocycles. The van der Waals surface area contributed by atoms with E-state index in [0.29, 0.717) is 11.3 Å². The number of amides is 1. The van der Waals surface area contributed by atoms with Crippen molar-refractivity contribution < 1.29 is 22.7 Å². The molecule has 3 N–H and O–H groups in total. The quantitative estimate of drug-likeness (QED) is 0.834. The lowest BCUT2D eigenvalue weighted by Gasteiger charge is -2.10. The van der Waals surface area contributed by atoms with Crippen LogP contribution in [0.4, 0.5) is 18.9 Å². The van der Waals surface area contributed by atoms with Crippen molar-refractivity contribution in [2.24, 2.45) is 5.73 Å². The third-order valence-electron chi connectivity index (χ3n) is 2.35. The summed E-state index contributed by atoms with van der Waals surface area (Å²) in [5, 5.41) is 2.48. The first kappa shape index (κ1) is 17.0. The number of nitrogens with one attached hydrogen (secondary N) is 1. The normalized spacial score (nSPS) is 10.7. The average Bonchev–Trinajstić information content (AvgIpc) is 2.38. The molecule has 0 unspecified atom stereocenters. The molecule has 0 aliphatic rings. The highest BCUT2D eigenvalue weighted by Crippen LogP contribution is 2.17. The molecule has 0 aliphatic heterocycles. The maximum Gasteiger partial charge on any atom is 0.411 e. The van der Waals surface area contributed by atoms with E-state index in [4.69, 9.17) is 5.73 Å². The maximum atomic E-state index is 11.9. The third-order valence-corrected chi connectivity index (χ3v) is 2.35. The van der Waals surface area contributed by atoms with Crippen LogP contribution in [-0.2, 0) is 9.53 Å². The van der Waals surface area contributed by atoms with E-state index in [1.807, 2.05) is 0 Å². The molecule has 4 nitrogen and oxygen atoms in total. The molecule has 0 spiro atoms. The minimum Gasteiger partial charge on any atom is -0.362 e. The Balaban J connectivity index is 2.63. The van der Waals surface area contributed by atoms with Crippen molar-refractivity contribution in [2.75, 3.05) is 25.1 Å². The van der Waals surface area contributed by atoms with Crippen molar-refractivity contribution in [2.45, 2.75) is 13.1 Å². The number of nitrogens with two attached hydrogens (primary N) is 1. The minimum absolute atomic E-state index is 0.209. The SMILES string of the molecule is Cc1ccc(C#CCN)cc1NC(=O)COCC(F)(F)F. The summed E-state index contributed by atoms with van der Waals surface area (Å²) < 4.78 is 39.9. The number of carbonyl (C=O) groups is 1. The third kappa shape index (κ3) is 6.79. The summed E-state index contributed by atoms with van der Waals surface area (Å²) in [5.41, 5.74) is 7.15. The monoisotopic (exact) mass is 300 g/mol. The maximum absolute atomic E-state index is 11.9. The summed E-state index contributed by atoms with van der Waals surface area (Å²) >= 11 is 0. The lowest BCUT2D eigenvalue weighted by atomic mass is 10.1. The second kappa shape index (κ2) is 7.67. The lowest BCUT2D eigenvalue weighted by Crippen LogP contribution is -2.24. The number of aryl methyl sites for hydroxylation is 1. The van der Waals surface area contributed by atoms with Gasteiger partial charge < -0.3 is 15.8 Å². The van der Waals surface area contributed by atoms with Crippen LogP contribution in [0, 0.1) is 18.8 Å². The molecule has 1 amide bonds. The van der Waals surface area contributed by atoms with Crippen molar-refractivity contribution in [1.82, 2.24) is 0 Å². The lowest BCUT2D eigenvalue weighted by molar-refractivity contribution is -0.174. The van der Waals surface area contributed by atoms with E-state index in [1.165, 1.54) is 0 Å². The number of benzene rings is 1. The minimum atomic E-state index is -4.45. The molecule has 0 saturated heterocycles. The first-order chi connectivity index (χ1) is 9.81. The fourth-order valence-corrected chi connectivity index (χ4v) is 1.43. The molecule has 0 bridgehead atoms. The fraction of sp³-hybridized carbons (Fsp3) is 0.357. The summed E-state index contributed by atoms with van der Waals surface area (Å²) in [6, 6.07) is 5.13. The number of halogens is 3. The summed E-state index contributed by atoms with van der Waals surface area (Å²) in [5.74, 6) is 4.81. The summed E-state index contributed by atoms with van der Waals surface area (Å²) in [7, 11) is 0. The van der Waals surface area contributed by atoms with Crippen molar-refractivity contribution in [3.05, 3.63) is 29.3 Å². The van der Waals surface area contributed by atoms with Crippen LogP contribution in [0.5, 0.6) is 0 Å². The van der Waals surface area contributed by atoms with E-state index in [0.717, 1.165) is 5.56 Å². The Hall–Kier alpha value is -2.04. The predicted molar refractivity (Wildman–Crippen MR) is 72.6 cm³/mol. The largest absolute Gasteiger partial charge is 0.411 e. The van der Waals surface area contributed by atoms with E-state index in [-0.39, 0.29) is 6.54 Å². The first-order valence-electron chi connectivity index (χ1n) is 6.06. The van der Waals surface area contributed by atoms with Crippen LogP contribution < -0.4 is 11.1 Å². The molecule has 0 atom stereocenters. The number of ether oxygens (including phenoxy) is 1. The molecule has 1 aromatic carbocycles. The highest BCUT2D eigenvalue weighted by Gasteiger charge is 2.27. The molecule has 1 rings (SSSR count). The molecule has 7 heteroatoms. The number of alkyl halides is 3. The van der Waals surface area contributed by atoms with Gasteiger partial charge in [-0.25, -0.2) is 0 Å². The van der Waals surface area contributed by atoms with E-state index < -0.39 is 25.3 Å². The van der Waals surface area contributed by atoms with Gasteiger partial charge >= 0.3 is 6.18 Å². The Labute approximate surface area is 120 Å². The van der Waals surface area contributed by atoms with Crippen LogP contribution in [0.15, 0.2) is 18.2 Å². The van der Waals surface area contributed by atoms with Gasteiger partial charge in [0.2, 0.25) is 5.91 Å². The number of hydrogen-bond acceptors (Lipinski definition) is 3. The van der Waals surface area contributed by atoms with E-state index in [1.54, 1.807) is 25.1 Å². The molecule has 0 aromatic heterocycles. The molecule has 0 radical (unpaired) electrons. The number of anilines is 1. The highest BCUT2D eigenvalue weighted by atomic mass is 19.4. The van der Waals surface area contributed by atoms with Crippen LogP contribution in [0.3, 0.4) is 0 Å². The Morgan fingerprint density at radius 3 is 2.76 bits per heavy atom. The zero-order valence-corrected chi connectivity index (χ0v) is 11.4. The second-order valence-corrected chi connectivity index (χ2v) is 4.19. The number of rotatable bonds is 4. The van der Waals surface area contributed by atoms with Crippen LogP contribution >= 0.6 is 0 Å². The fourth-order valence-electron chi connectivity index (χ4n) is 1.43. The van der Waals surface area contributed by atoms with E-state index >= 15 is 0 Å². The van der Waals surface area contributed by atoms with Gasteiger partial charge in [-0.05, 0) is 24.6 Å². The molecule has 0 heterocycles. The van der Waals surface area contributed by atoms with Crippen LogP contribution in [-0.4, -0.2) is 31.8 Å². The Morgan fingerprint density at radius 1 is 1.43 bits per heavy atom. The van der Waals surface area contributed by atoms with Crippen LogP contribution in [0.2, 0.25) is 0 Å². The van der Waals surface area contributed by atoms with Gasteiger partial charge in [0.1, 0.15) is 13.2 Å². The second-order valence-electron chi connectivity index (χ2n) is 4.19. The molecule has 114 valence electrons. The van der Waals surface area contributed by atoms with Crippen molar-refractivity contribution in [1.29, 1.82) is 0 Å². The summed E-state index contributed by atoms with van der Waals surface area (Å²) in [6.45, 7) is -0.160. The summed E-state index contributed by atoms with van der Waals surface area (Å²) in [4.78, 5) is 11.5. The average molecular weight is 300 g/mol. The highest BCUT2D eigenvalue weighted by molar-refractivity contribution is 5.92. The Morgan fingerprint density at radius 2 is 2.14 bits per heavy atom. The summed E-state index contributed by atoms with van der Waals surface area (Å²) in [6.07, 6.45) is -4.45. The smallest absolute Gasteiger partial charge is 0.362 e. The Bertz CT molecular complexity index is 560. The van der Waals surface area contributed by atoms with Gasteiger partial charge in [0, 0.05) is 11.3 Å². The van der Waals surface area contributed by atoms with E-state index in [9.17, 15) is 18.0 Å². The van der Waals surface area contributed by atoms with Gasteiger partial charge in [0.15, 0.2) is 0 Å². The molecular weight excluding hydrogens is 285 g/mol. The van der Waals surface area contributed by atoms with Crippen LogP contribution in [0.1, 0.15) is 11.1 Å². The topological polar surface area (TPSA) is 64.3 Å². The molecule has 21 heavy (non-hydrogen) atoms. The number of hydrogen-bond donors (Lipinski definition) is 2. The van der Waals surface area contributed by atoms with Gasteiger partial charge in [-0.2, -0.15) is 13.2 Å².